The van der Waals surface area contributed by atoms with Crippen molar-refractivity contribution in [3.05, 3.63) is 84.6 Å². The SMILES string of the molecule is CCOC(=O)CN(c1ncc(N(c2ccc(C(OC)C(F)(F)F)cc2)[SH](=O)=O)c2ccccc12)S(=O)(=O)c1ccc(OC)cc1. The van der Waals surface area contributed by atoms with Crippen molar-refractivity contribution in [2.45, 2.75) is 24.1 Å². The first-order chi connectivity index (χ1) is 21.3. The molecule has 45 heavy (non-hydrogen) atoms. The summed E-state index contributed by atoms with van der Waals surface area (Å²) in [4.78, 5) is 16.7. The minimum atomic E-state index is -4.70. The van der Waals surface area contributed by atoms with Gasteiger partial charge in [-0.1, -0.05) is 36.4 Å². The lowest BCUT2D eigenvalue weighted by molar-refractivity contribution is -0.215. The molecule has 0 amide bonds. The van der Waals surface area contributed by atoms with E-state index in [0.29, 0.717) is 5.75 Å². The number of alkyl halides is 3. The number of nitrogens with zero attached hydrogens (tertiary/aromatic N) is 3. The molecule has 1 unspecified atom stereocenters. The van der Waals surface area contributed by atoms with E-state index in [1.807, 2.05) is 0 Å². The molecule has 0 bridgehead atoms. The Balaban J connectivity index is 1.87. The summed E-state index contributed by atoms with van der Waals surface area (Å²) in [5.41, 5.74) is -0.275. The standard InChI is InChI=1S/C29H28F3N3O8S2/c1-4-43-26(36)18-34(45(39,40)22-15-13-21(41-2)14-16-22)28-24-8-6-5-7-23(24)25(17-33-28)35(44(37)38)20-11-9-19(10-12-20)27(42-3)29(30,31)32/h5-17,27,44H,4,18H2,1-3H3. The smallest absolute Gasteiger partial charge is 0.418 e. The van der Waals surface area contributed by atoms with Crippen molar-refractivity contribution >= 4 is 54.8 Å². The van der Waals surface area contributed by atoms with Crippen molar-refractivity contribution in [1.29, 1.82) is 0 Å². The number of halogens is 3. The second-order valence-electron chi connectivity index (χ2n) is 9.30. The fourth-order valence-corrected chi connectivity index (χ4v) is 6.61. The number of carbonyl (C=O) groups excluding carboxylic acids is 1. The minimum absolute atomic E-state index is 0.0131. The van der Waals surface area contributed by atoms with Crippen LogP contribution in [0.1, 0.15) is 18.6 Å². The molecule has 1 aromatic heterocycles. The Bertz CT molecular complexity index is 1840. The number of methoxy groups -OCH3 is 2. The Hall–Kier alpha value is -4.41. The molecule has 16 heteroatoms. The maximum atomic E-state index is 13.9. The van der Waals surface area contributed by atoms with Crippen LogP contribution in [0.5, 0.6) is 5.75 Å². The Morgan fingerprint density at radius 3 is 2.11 bits per heavy atom. The maximum Gasteiger partial charge on any atom is 0.418 e. The summed E-state index contributed by atoms with van der Waals surface area (Å²) in [5, 5.41) is 0.376. The molecule has 4 aromatic rings. The highest BCUT2D eigenvalue weighted by atomic mass is 32.2. The predicted octanol–water partition coefficient (Wildman–Crippen LogP) is 4.92. The molecular formula is C29H28F3N3O8S2. The van der Waals surface area contributed by atoms with Gasteiger partial charge in [0.25, 0.3) is 10.0 Å². The van der Waals surface area contributed by atoms with Gasteiger partial charge in [0.1, 0.15) is 12.3 Å². The first-order valence-electron chi connectivity index (χ1n) is 13.2. The zero-order valence-corrected chi connectivity index (χ0v) is 25.8. The summed E-state index contributed by atoms with van der Waals surface area (Å²) >= 11 is 0. The molecule has 0 aliphatic rings. The van der Waals surface area contributed by atoms with Crippen LogP contribution in [-0.2, 0) is 35.2 Å². The van der Waals surface area contributed by atoms with Crippen LogP contribution in [0.3, 0.4) is 0 Å². The van der Waals surface area contributed by atoms with Crippen LogP contribution >= 0.6 is 0 Å². The van der Waals surface area contributed by atoms with E-state index >= 15 is 0 Å². The Morgan fingerprint density at radius 1 is 0.956 bits per heavy atom. The van der Waals surface area contributed by atoms with E-state index in [9.17, 15) is 34.8 Å². The Kier molecular flexibility index (Phi) is 10.2. The van der Waals surface area contributed by atoms with Gasteiger partial charge in [-0.15, -0.1) is 0 Å². The summed E-state index contributed by atoms with van der Waals surface area (Å²) in [6.45, 7) is 0.798. The van der Waals surface area contributed by atoms with Crippen molar-refractivity contribution in [3.8, 4) is 5.75 Å². The van der Waals surface area contributed by atoms with Gasteiger partial charge in [0.2, 0.25) is 10.9 Å². The lowest BCUT2D eigenvalue weighted by Crippen LogP contribution is -2.37. The van der Waals surface area contributed by atoms with Crippen LogP contribution in [0.25, 0.3) is 10.8 Å². The van der Waals surface area contributed by atoms with Crippen LogP contribution in [0, 0.1) is 0 Å². The number of benzene rings is 3. The zero-order valence-electron chi connectivity index (χ0n) is 24.1. The second kappa shape index (κ2) is 13.7. The van der Waals surface area contributed by atoms with Crippen molar-refractivity contribution in [1.82, 2.24) is 4.98 Å². The topological polar surface area (TPSA) is 132 Å². The van der Waals surface area contributed by atoms with E-state index in [2.05, 4.69) is 9.72 Å². The average molecular weight is 668 g/mol. The molecule has 1 heterocycles. The highest BCUT2D eigenvalue weighted by Crippen LogP contribution is 2.39. The number of carbonyl (C=O) groups is 1. The summed E-state index contributed by atoms with van der Waals surface area (Å²) in [6, 6.07) is 16.2. The van der Waals surface area contributed by atoms with Gasteiger partial charge in [0.15, 0.2) is 11.9 Å². The van der Waals surface area contributed by atoms with Gasteiger partial charge in [-0.25, -0.2) is 30.4 Å². The number of ether oxygens (including phenoxy) is 3. The molecule has 3 aromatic carbocycles. The van der Waals surface area contributed by atoms with E-state index in [0.717, 1.165) is 34.0 Å². The molecule has 4 rings (SSSR count). The zero-order chi connectivity index (χ0) is 32.9. The number of sulfonamides is 1. The van der Waals surface area contributed by atoms with E-state index in [1.54, 1.807) is 19.1 Å². The van der Waals surface area contributed by atoms with Crippen molar-refractivity contribution in [3.63, 3.8) is 0 Å². The number of anilines is 3. The quantitative estimate of drug-likeness (QED) is 0.165. The first kappa shape index (κ1) is 33.5. The Morgan fingerprint density at radius 2 is 1.58 bits per heavy atom. The number of thiol groups is 1. The normalized spacial score (nSPS) is 12.6. The number of hydrogen-bond acceptors (Lipinski definition) is 9. The summed E-state index contributed by atoms with van der Waals surface area (Å²) in [7, 11) is -5.54. The minimum Gasteiger partial charge on any atom is -0.497 e. The molecule has 0 spiro atoms. The van der Waals surface area contributed by atoms with E-state index in [1.165, 1.54) is 55.6 Å². The number of esters is 1. The van der Waals surface area contributed by atoms with Crippen LogP contribution < -0.4 is 13.3 Å². The van der Waals surface area contributed by atoms with Gasteiger partial charge in [0.05, 0.1) is 36.2 Å². The van der Waals surface area contributed by atoms with Crippen molar-refractivity contribution in [2.24, 2.45) is 0 Å². The van der Waals surface area contributed by atoms with Crippen LogP contribution in [0.2, 0.25) is 0 Å². The second-order valence-corrected chi connectivity index (χ2v) is 12.0. The van der Waals surface area contributed by atoms with E-state index in [4.69, 9.17) is 9.47 Å². The number of rotatable bonds is 12. The van der Waals surface area contributed by atoms with Gasteiger partial charge in [-0.3, -0.25) is 4.79 Å². The lowest BCUT2D eigenvalue weighted by atomic mass is 10.1. The molecular weight excluding hydrogens is 639 g/mol. The molecule has 0 fully saturated rings. The number of fused-ring (bicyclic) bond motifs is 1. The molecule has 0 saturated heterocycles. The highest BCUT2D eigenvalue weighted by molar-refractivity contribution is 7.92. The third-order valence-electron chi connectivity index (χ3n) is 6.58. The third-order valence-corrected chi connectivity index (χ3v) is 9.10. The molecule has 1 atom stereocenters. The lowest BCUT2D eigenvalue weighted by Gasteiger charge is -2.26. The summed E-state index contributed by atoms with van der Waals surface area (Å²) < 4.78 is 109. The third kappa shape index (κ3) is 7.13. The molecule has 11 nitrogen and oxygen atoms in total. The van der Waals surface area contributed by atoms with Gasteiger partial charge in [-0.05, 0) is 48.9 Å². The van der Waals surface area contributed by atoms with Crippen LogP contribution in [0.15, 0.2) is 83.9 Å². The highest BCUT2D eigenvalue weighted by Gasteiger charge is 2.41. The molecule has 0 N–H and O–H groups in total. The monoisotopic (exact) mass is 667 g/mol. The molecule has 0 radical (unpaired) electrons. The molecule has 0 saturated carbocycles. The average Bonchev–Trinajstić information content (AvgIpc) is 3.00. The number of pyridine rings is 1. The van der Waals surface area contributed by atoms with Gasteiger partial charge in [-0.2, -0.15) is 13.2 Å². The first-order valence-corrected chi connectivity index (χ1v) is 15.7. The summed E-state index contributed by atoms with van der Waals surface area (Å²) in [5.74, 6) is -0.653. The van der Waals surface area contributed by atoms with E-state index < -0.39 is 45.7 Å². The molecule has 0 aliphatic heterocycles. The van der Waals surface area contributed by atoms with Gasteiger partial charge < -0.3 is 14.2 Å². The van der Waals surface area contributed by atoms with Crippen LogP contribution in [0.4, 0.5) is 30.4 Å². The van der Waals surface area contributed by atoms with Crippen LogP contribution in [-0.4, -0.2) is 61.3 Å². The van der Waals surface area contributed by atoms with E-state index in [-0.39, 0.29) is 45.0 Å². The number of aromatic nitrogens is 1. The maximum absolute atomic E-state index is 13.9. The van der Waals surface area contributed by atoms with Gasteiger partial charge >= 0.3 is 12.1 Å². The largest absolute Gasteiger partial charge is 0.497 e. The van der Waals surface area contributed by atoms with Crippen molar-refractivity contribution in [2.75, 3.05) is 36.0 Å². The number of hydrogen-bond donors (Lipinski definition) is 1. The molecule has 240 valence electrons. The fourth-order valence-electron chi connectivity index (χ4n) is 4.57. The predicted molar refractivity (Wildman–Crippen MR) is 161 cm³/mol. The Labute approximate surface area is 258 Å². The fraction of sp³-hybridized carbons (Fsp3) is 0.241. The van der Waals surface area contributed by atoms with Gasteiger partial charge in [0, 0.05) is 17.9 Å². The van der Waals surface area contributed by atoms with Crippen molar-refractivity contribution < 1.29 is 49.0 Å². The summed E-state index contributed by atoms with van der Waals surface area (Å²) in [6.07, 6.45) is -5.82. The molecule has 0 aliphatic carbocycles.